The Bertz CT molecular complexity index is 1260. The van der Waals surface area contributed by atoms with Crippen LogP contribution in [-0.2, 0) is 0 Å². The minimum absolute atomic E-state index is 0.327. The van der Waals surface area contributed by atoms with Gasteiger partial charge in [-0.05, 0) is 60.7 Å². The third-order valence-electron chi connectivity index (χ3n) is 5.09. The quantitative estimate of drug-likeness (QED) is 0.403. The second-order valence-corrected chi connectivity index (χ2v) is 7.10. The molecular formula is C25H23N3O6. The van der Waals surface area contributed by atoms with Gasteiger partial charge in [-0.3, -0.25) is 4.79 Å². The van der Waals surface area contributed by atoms with E-state index in [4.69, 9.17) is 23.5 Å². The molecule has 9 nitrogen and oxygen atoms in total. The van der Waals surface area contributed by atoms with Crippen molar-refractivity contribution in [3.63, 3.8) is 0 Å². The highest BCUT2D eigenvalue weighted by molar-refractivity contribution is 6.05. The SMILES string of the molecule is COc1ccc(-c2noc(-c3ccc(NC(=O)c4cc(OC)c(OC)c(OC)c4)cc3)n2)cc1. The maximum atomic E-state index is 12.8. The molecule has 4 rings (SSSR count). The highest BCUT2D eigenvalue weighted by Gasteiger charge is 2.17. The number of anilines is 1. The van der Waals surface area contributed by atoms with E-state index in [-0.39, 0.29) is 5.91 Å². The van der Waals surface area contributed by atoms with Gasteiger partial charge in [0.2, 0.25) is 11.6 Å². The van der Waals surface area contributed by atoms with Crippen LogP contribution in [0.3, 0.4) is 0 Å². The van der Waals surface area contributed by atoms with Crippen LogP contribution in [0.15, 0.2) is 65.2 Å². The average molecular weight is 461 g/mol. The molecule has 174 valence electrons. The fourth-order valence-corrected chi connectivity index (χ4v) is 3.31. The largest absolute Gasteiger partial charge is 0.497 e. The molecule has 1 N–H and O–H groups in total. The standard InChI is InChI=1S/C25H23N3O6/c1-30-19-11-7-15(8-12-19)23-27-25(34-28-23)16-5-9-18(10-6-16)26-24(29)17-13-20(31-2)22(33-4)21(14-17)32-3/h5-14H,1-4H3,(H,26,29). The normalized spacial score (nSPS) is 10.5. The minimum atomic E-state index is -0.327. The van der Waals surface area contributed by atoms with Crippen molar-refractivity contribution in [3.05, 3.63) is 66.2 Å². The summed E-state index contributed by atoms with van der Waals surface area (Å²) < 4.78 is 26.5. The number of carbonyl (C=O) groups excluding carboxylic acids is 1. The predicted molar refractivity (Wildman–Crippen MR) is 126 cm³/mol. The van der Waals surface area contributed by atoms with E-state index in [1.54, 1.807) is 43.5 Å². The predicted octanol–water partition coefficient (Wildman–Crippen LogP) is 4.69. The van der Waals surface area contributed by atoms with Gasteiger partial charge in [-0.25, -0.2) is 0 Å². The summed E-state index contributed by atoms with van der Waals surface area (Å²) in [5, 5.41) is 6.89. The van der Waals surface area contributed by atoms with Gasteiger partial charge in [0.15, 0.2) is 11.5 Å². The van der Waals surface area contributed by atoms with Gasteiger partial charge < -0.3 is 28.8 Å². The monoisotopic (exact) mass is 461 g/mol. The minimum Gasteiger partial charge on any atom is -0.497 e. The van der Waals surface area contributed by atoms with Crippen molar-refractivity contribution in [2.75, 3.05) is 33.8 Å². The lowest BCUT2D eigenvalue weighted by Gasteiger charge is -2.14. The number of hydrogen-bond donors (Lipinski definition) is 1. The van der Waals surface area contributed by atoms with E-state index >= 15 is 0 Å². The third-order valence-corrected chi connectivity index (χ3v) is 5.09. The van der Waals surface area contributed by atoms with E-state index in [2.05, 4.69) is 15.5 Å². The summed E-state index contributed by atoms with van der Waals surface area (Å²) in [5.74, 6) is 2.46. The molecule has 0 fully saturated rings. The molecule has 0 aliphatic carbocycles. The maximum Gasteiger partial charge on any atom is 0.258 e. The zero-order valence-corrected chi connectivity index (χ0v) is 19.1. The number of hydrogen-bond acceptors (Lipinski definition) is 8. The molecule has 0 aliphatic heterocycles. The molecule has 0 radical (unpaired) electrons. The first-order valence-electron chi connectivity index (χ1n) is 10.3. The summed E-state index contributed by atoms with van der Waals surface area (Å²) in [4.78, 5) is 17.3. The van der Waals surface area contributed by atoms with Gasteiger partial charge in [-0.1, -0.05) is 5.16 Å². The van der Waals surface area contributed by atoms with Gasteiger partial charge in [0.1, 0.15) is 5.75 Å². The van der Waals surface area contributed by atoms with Gasteiger partial charge in [0.05, 0.1) is 28.4 Å². The Morgan fingerprint density at radius 2 is 1.41 bits per heavy atom. The van der Waals surface area contributed by atoms with E-state index in [1.807, 2.05) is 24.3 Å². The molecule has 0 saturated carbocycles. The zero-order valence-electron chi connectivity index (χ0n) is 19.1. The zero-order chi connectivity index (χ0) is 24.1. The molecular weight excluding hydrogens is 438 g/mol. The molecule has 1 heterocycles. The maximum absolute atomic E-state index is 12.8. The van der Waals surface area contributed by atoms with Crippen LogP contribution in [0.5, 0.6) is 23.0 Å². The van der Waals surface area contributed by atoms with E-state index in [0.717, 1.165) is 16.9 Å². The van der Waals surface area contributed by atoms with Crippen LogP contribution in [0.25, 0.3) is 22.8 Å². The summed E-state index contributed by atoms with van der Waals surface area (Å²) >= 11 is 0. The lowest BCUT2D eigenvalue weighted by atomic mass is 10.1. The van der Waals surface area contributed by atoms with Crippen LogP contribution in [0.4, 0.5) is 5.69 Å². The lowest BCUT2D eigenvalue weighted by molar-refractivity contribution is 0.102. The first kappa shape index (κ1) is 22.7. The van der Waals surface area contributed by atoms with Crippen LogP contribution < -0.4 is 24.3 Å². The molecule has 34 heavy (non-hydrogen) atoms. The Labute approximate surface area is 196 Å². The number of carbonyl (C=O) groups is 1. The third kappa shape index (κ3) is 4.63. The van der Waals surface area contributed by atoms with E-state index in [0.29, 0.717) is 40.2 Å². The van der Waals surface area contributed by atoms with E-state index < -0.39 is 0 Å². The summed E-state index contributed by atoms with van der Waals surface area (Å²) in [6.07, 6.45) is 0. The van der Waals surface area contributed by atoms with E-state index in [1.165, 1.54) is 21.3 Å². The Morgan fingerprint density at radius 1 is 0.794 bits per heavy atom. The molecule has 1 amide bonds. The lowest BCUT2D eigenvalue weighted by Crippen LogP contribution is -2.12. The molecule has 0 spiro atoms. The molecule has 1 aromatic heterocycles. The van der Waals surface area contributed by atoms with Gasteiger partial charge in [-0.15, -0.1) is 0 Å². The number of benzene rings is 3. The molecule has 0 saturated heterocycles. The van der Waals surface area contributed by atoms with Crippen molar-refractivity contribution < 1.29 is 28.3 Å². The van der Waals surface area contributed by atoms with Crippen molar-refractivity contribution in [3.8, 4) is 45.8 Å². The van der Waals surface area contributed by atoms with Crippen LogP contribution in [0, 0.1) is 0 Å². The fraction of sp³-hybridized carbons (Fsp3) is 0.160. The van der Waals surface area contributed by atoms with Crippen LogP contribution in [0.2, 0.25) is 0 Å². The highest BCUT2D eigenvalue weighted by atomic mass is 16.5. The van der Waals surface area contributed by atoms with Crippen molar-refractivity contribution in [1.29, 1.82) is 0 Å². The van der Waals surface area contributed by atoms with Gasteiger partial charge in [-0.2, -0.15) is 4.98 Å². The molecule has 0 unspecified atom stereocenters. The Morgan fingerprint density at radius 3 is 1.97 bits per heavy atom. The Balaban J connectivity index is 1.49. The van der Waals surface area contributed by atoms with Crippen LogP contribution in [-0.4, -0.2) is 44.5 Å². The number of amides is 1. The second-order valence-electron chi connectivity index (χ2n) is 7.10. The molecule has 4 aromatic rings. The van der Waals surface area contributed by atoms with Gasteiger partial charge in [0, 0.05) is 22.4 Å². The van der Waals surface area contributed by atoms with Crippen molar-refractivity contribution in [1.82, 2.24) is 10.1 Å². The van der Waals surface area contributed by atoms with Crippen molar-refractivity contribution in [2.24, 2.45) is 0 Å². The fourth-order valence-electron chi connectivity index (χ4n) is 3.31. The summed E-state index contributed by atoms with van der Waals surface area (Å²) in [7, 11) is 6.11. The summed E-state index contributed by atoms with van der Waals surface area (Å²) in [6.45, 7) is 0. The van der Waals surface area contributed by atoms with Crippen LogP contribution >= 0.6 is 0 Å². The summed E-state index contributed by atoms with van der Waals surface area (Å²) in [5.41, 5.74) is 2.49. The highest BCUT2D eigenvalue weighted by Crippen LogP contribution is 2.38. The number of aromatic nitrogens is 2. The molecule has 0 bridgehead atoms. The molecule has 0 aliphatic rings. The number of nitrogens with one attached hydrogen (secondary N) is 1. The van der Waals surface area contributed by atoms with Crippen molar-refractivity contribution in [2.45, 2.75) is 0 Å². The molecule has 0 atom stereocenters. The molecule has 9 heteroatoms. The summed E-state index contributed by atoms with van der Waals surface area (Å²) in [6, 6.07) is 17.6. The first-order valence-corrected chi connectivity index (χ1v) is 10.3. The van der Waals surface area contributed by atoms with Gasteiger partial charge in [0.25, 0.3) is 11.8 Å². The average Bonchev–Trinajstić information content (AvgIpc) is 3.38. The topological polar surface area (TPSA) is 105 Å². The number of ether oxygens (including phenoxy) is 4. The number of methoxy groups -OCH3 is 4. The Hall–Kier alpha value is -4.53. The Kier molecular flexibility index (Phi) is 6.63. The first-order chi connectivity index (χ1) is 16.6. The smallest absolute Gasteiger partial charge is 0.258 e. The van der Waals surface area contributed by atoms with Crippen molar-refractivity contribution >= 4 is 11.6 Å². The van der Waals surface area contributed by atoms with Crippen LogP contribution in [0.1, 0.15) is 10.4 Å². The van der Waals surface area contributed by atoms with E-state index in [9.17, 15) is 4.79 Å². The molecule has 3 aromatic carbocycles. The number of rotatable bonds is 8. The van der Waals surface area contributed by atoms with Gasteiger partial charge >= 0.3 is 0 Å². The number of nitrogens with zero attached hydrogens (tertiary/aromatic N) is 2. The second kappa shape index (κ2) is 9.95.